The highest BCUT2D eigenvalue weighted by molar-refractivity contribution is 5.78. The van der Waals surface area contributed by atoms with Crippen molar-refractivity contribution in [1.29, 1.82) is 0 Å². The van der Waals surface area contributed by atoms with Crippen LogP contribution < -0.4 is 5.32 Å². The summed E-state index contributed by atoms with van der Waals surface area (Å²) >= 11 is 0. The molecule has 3 saturated heterocycles. The Bertz CT molecular complexity index is 1100. The minimum Gasteiger partial charge on any atom is -0.462 e. The summed E-state index contributed by atoms with van der Waals surface area (Å²) in [5, 5.41) is 24.1. The Labute approximate surface area is 342 Å². The highest BCUT2D eigenvalue weighted by Crippen LogP contribution is 2.37. The van der Waals surface area contributed by atoms with Gasteiger partial charge < -0.3 is 48.9 Å². The van der Waals surface area contributed by atoms with E-state index in [-0.39, 0.29) is 49.6 Å². The van der Waals surface area contributed by atoms with Crippen molar-refractivity contribution in [2.45, 2.75) is 203 Å². The summed E-state index contributed by atoms with van der Waals surface area (Å²) in [5.74, 6) is -2.26. The predicted molar refractivity (Wildman–Crippen MR) is 224 cm³/mol. The highest BCUT2D eigenvalue weighted by Gasteiger charge is 2.49. The van der Waals surface area contributed by atoms with Gasteiger partial charge in [-0.2, -0.15) is 0 Å². The van der Waals surface area contributed by atoms with Gasteiger partial charge in [-0.05, 0) is 87.2 Å². The number of rotatable bonds is 12. The first kappa shape index (κ1) is 54.4. The number of carbonyl (C=O) groups excluding carboxylic acids is 2. The van der Waals surface area contributed by atoms with Crippen molar-refractivity contribution in [2.75, 3.05) is 33.9 Å². The second-order valence-electron chi connectivity index (χ2n) is 16.5. The Morgan fingerprint density at radius 3 is 2.14 bits per heavy atom. The lowest BCUT2D eigenvalue weighted by molar-refractivity contribution is -0.291. The van der Waals surface area contributed by atoms with Crippen LogP contribution in [0.15, 0.2) is 12.2 Å². The summed E-state index contributed by atoms with van der Waals surface area (Å²) < 4.78 is 38.6. The Morgan fingerprint density at radius 2 is 1.59 bits per heavy atom. The summed E-state index contributed by atoms with van der Waals surface area (Å²) in [4.78, 5) is 29.1. The predicted octanol–water partition coefficient (Wildman–Crippen LogP) is 7.28. The van der Waals surface area contributed by atoms with E-state index >= 15 is 0 Å². The van der Waals surface area contributed by atoms with E-state index in [9.17, 15) is 19.8 Å². The standard InChI is InChI=1S/C38H68N2O10.3C2H6/c1-22-14-13-15-23(2)35(42)39-20-38(10,46-19-22)34(50-31-18-29(40(11)12)17-25(4)47-31)26(5)33(27(6)36(43)45-21-37(8,9)44)49-30-16-24(3)32(41)28(7)48-30;3*1-2/h23-34,41,44H,1,13-21H2,2-12H3,(H,39,42);3*1-2H3/t23?,24?,25?,26-,27?,28?,29?,30-,31?,32+,33-,34+,38+;;;/m0.../s1. The molecule has 13 atom stereocenters. The molecular weight excluding hydrogens is 716 g/mol. The second-order valence-corrected chi connectivity index (χ2v) is 16.5. The summed E-state index contributed by atoms with van der Waals surface area (Å²) in [5.41, 5.74) is -1.40. The van der Waals surface area contributed by atoms with Crippen molar-refractivity contribution in [1.82, 2.24) is 10.2 Å². The molecule has 7 unspecified atom stereocenters. The first-order valence-electron chi connectivity index (χ1n) is 21.6. The largest absolute Gasteiger partial charge is 0.462 e. The molecular formula is C44H86N2O10. The number of amides is 1. The molecule has 3 aliphatic heterocycles. The summed E-state index contributed by atoms with van der Waals surface area (Å²) in [7, 11) is 4.09. The average molecular weight is 803 g/mol. The quantitative estimate of drug-likeness (QED) is 0.135. The normalized spacial score (nSPS) is 32.6. The lowest BCUT2D eigenvalue weighted by Crippen LogP contribution is -2.60. The van der Waals surface area contributed by atoms with E-state index in [0.29, 0.717) is 12.8 Å². The number of aliphatic hydroxyl groups is 2. The van der Waals surface area contributed by atoms with Crippen molar-refractivity contribution in [3.8, 4) is 0 Å². The SMILES string of the molecule is C=C1CCCC(C)C(=O)NC[C@](C)([C@H](OC2CC(N(C)C)CC(C)O2)[C@@H](C)[C@H](O[C@H]2CC(C)[C@@H](O)C(C)O2)C(C)C(=O)OCC(C)(C)O)OC1.CC.CC.CC. The van der Waals surface area contributed by atoms with E-state index in [4.69, 9.17) is 28.4 Å². The third-order valence-corrected chi connectivity index (χ3v) is 10.6. The summed E-state index contributed by atoms with van der Waals surface area (Å²) in [6.45, 7) is 33.0. The maximum Gasteiger partial charge on any atom is 0.311 e. The number of hydrogen-bond donors (Lipinski definition) is 3. The van der Waals surface area contributed by atoms with Gasteiger partial charge in [0, 0.05) is 37.3 Å². The van der Waals surface area contributed by atoms with Crippen molar-refractivity contribution in [3.63, 3.8) is 0 Å². The average Bonchev–Trinajstić information content (AvgIpc) is 3.18. The zero-order valence-corrected chi connectivity index (χ0v) is 38.6. The van der Waals surface area contributed by atoms with Gasteiger partial charge in [-0.15, -0.1) is 0 Å². The molecule has 0 spiro atoms. The number of ether oxygens (including phenoxy) is 6. The molecule has 56 heavy (non-hydrogen) atoms. The van der Waals surface area contributed by atoms with E-state index in [2.05, 4.69) is 16.8 Å². The Balaban J connectivity index is 0.00000480. The van der Waals surface area contributed by atoms with E-state index < -0.39 is 66.0 Å². The number of carbonyl (C=O) groups is 2. The van der Waals surface area contributed by atoms with Crippen LogP contribution in [-0.2, 0) is 38.0 Å². The van der Waals surface area contributed by atoms with Gasteiger partial charge in [0.2, 0.25) is 5.91 Å². The van der Waals surface area contributed by atoms with Crippen LogP contribution in [0, 0.1) is 23.7 Å². The van der Waals surface area contributed by atoms with Crippen LogP contribution in [0.1, 0.15) is 142 Å². The van der Waals surface area contributed by atoms with E-state index in [1.54, 1.807) is 27.7 Å². The van der Waals surface area contributed by atoms with Crippen LogP contribution in [0.25, 0.3) is 0 Å². The van der Waals surface area contributed by atoms with Crippen LogP contribution in [0.5, 0.6) is 0 Å². The number of nitrogens with zero attached hydrogens (tertiary/aromatic N) is 1. The fourth-order valence-electron chi connectivity index (χ4n) is 7.29. The van der Waals surface area contributed by atoms with Gasteiger partial charge in [-0.3, -0.25) is 9.59 Å². The molecule has 0 bridgehead atoms. The number of nitrogens with one attached hydrogen (secondary N) is 1. The van der Waals surface area contributed by atoms with Gasteiger partial charge >= 0.3 is 5.97 Å². The number of esters is 1. The van der Waals surface area contributed by atoms with Crippen LogP contribution in [0.4, 0.5) is 0 Å². The van der Waals surface area contributed by atoms with Crippen molar-refractivity contribution >= 4 is 11.9 Å². The van der Waals surface area contributed by atoms with E-state index in [1.165, 1.54) is 0 Å². The summed E-state index contributed by atoms with van der Waals surface area (Å²) in [6, 6.07) is 0.217. The van der Waals surface area contributed by atoms with Gasteiger partial charge in [-0.25, -0.2) is 0 Å². The Hall–Kier alpha value is -1.64. The van der Waals surface area contributed by atoms with Crippen LogP contribution in [0.3, 0.4) is 0 Å². The molecule has 12 heteroatoms. The van der Waals surface area contributed by atoms with Crippen LogP contribution >= 0.6 is 0 Å². The van der Waals surface area contributed by atoms with Gasteiger partial charge in [0.05, 0.1) is 48.6 Å². The molecule has 3 fully saturated rings. The van der Waals surface area contributed by atoms with E-state index in [1.807, 2.05) is 90.3 Å². The smallest absolute Gasteiger partial charge is 0.311 e. The second kappa shape index (κ2) is 26.5. The zero-order chi connectivity index (χ0) is 43.6. The third-order valence-electron chi connectivity index (χ3n) is 10.6. The van der Waals surface area contributed by atoms with Crippen molar-refractivity contribution in [3.05, 3.63) is 12.2 Å². The van der Waals surface area contributed by atoms with Gasteiger partial charge in [0.15, 0.2) is 12.6 Å². The van der Waals surface area contributed by atoms with Crippen LogP contribution in [-0.4, -0.2) is 121 Å². The molecule has 3 N–H and O–H groups in total. The Kier molecular flexibility index (Phi) is 25.7. The first-order valence-corrected chi connectivity index (χ1v) is 21.6. The third kappa shape index (κ3) is 17.7. The lowest BCUT2D eigenvalue weighted by Gasteiger charge is -2.47. The van der Waals surface area contributed by atoms with Crippen molar-refractivity contribution in [2.24, 2.45) is 23.7 Å². The minimum absolute atomic E-state index is 0.0634. The maximum absolute atomic E-state index is 13.7. The molecule has 0 radical (unpaired) electrons. The number of aliphatic hydroxyl groups excluding tert-OH is 1. The fraction of sp³-hybridized carbons (Fsp3) is 0.909. The summed E-state index contributed by atoms with van der Waals surface area (Å²) in [6.07, 6.45) is 0.0975. The number of hydrogen-bond acceptors (Lipinski definition) is 11. The molecule has 0 aliphatic carbocycles. The zero-order valence-electron chi connectivity index (χ0n) is 38.6. The molecule has 3 heterocycles. The molecule has 332 valence electrons. The monoisotopic (exact) mass is 803 g/mol. The van der Waals surface area contributed by atoms with Crippen molar-refractivity contribution < 1.29 is 48.2 Å². The maximum atomic E-state index is 13.7. The van der Waals surface area contributed by atoms with Crippen LogP contribution in [0.2, 0.25) is 0 Å². The lowest BCUT2D eigenvalue weighted by atomic mass is 9.80. The Morgan fingerprint density at radius 1 is 1.00 bits per heavy atom. The molecule has 0 aromatic rings. The first-order chi connectivity index (χ1) is 26.2. The molecule has 12 nitrogen and oxygen atoms in total. The van der Waals surface area contributed by atoms with Gasteiger partial charge in [-0.1, -0.05) is 74.5 Å². The fourth-order valence-corrected chi connectivity index (χ4v) is 7.29. The van der Waals surface area contributed by atoms with E-state index in [0.717, 1.165) is 31.3 Å². The molecule has 3 rings (SSSR count). The molecule has 1 amide bonds. The molecule has 3 aliphatic rings. The molecule has 0 saturated carbocycles. The van der Waals surface area contributed by atoms with Gasteiger partial charge in [0.1, 0.15) is 12.2 Å². The van der Waals surface area contributed by atoms with Gasteiger partial charge in [0.25, 0.3) is 0 Å². The highest BCUT2D eigenvalue weighted by atomic mass is 16.7. The topological polar surface area (TPSA) is 145 Å². The molecule has 0 aromatic carbocycles. The minimum atomic E-state index is -1.22. The molecule has 0 aromatic heterocycles.